The number of para-hydroxylation sites is 1. The Hall–Kier alpha value is -2.90. The number of methoxy groups -OCH3 is 1. The van der Waals surface area contributed by atoms with Gasteiger partial charge in [-0.1, -0.05) is 35.9 Å². The van der Waals surface area contributed by atoms with E-state index < -0.39 is 0 Å². The van der Waals surface area contributed by atoms with Gasteiger partial charge >= 0.3 is 5.56 Å². The van der Waals surface area contributed by atoms with Crippen LogP contribution >= 0.6 is 22.9 Å². The molecule has 0 aliphatic heterocycles. The first-order valence-corrected chi connectivity index (χ1v) is 9.29. The van der Waals surface area contributed by atoms with E-state index in [0.717, 1.165) is 4.88 Å². The van der Waals surface area contributed by atoms with Gasteiger partial charge in [-0.3, -0.25) is 0 Å². The van der Waals surface area contributed by atoms with E-state index in [1.54, 1.807) is 47.3 Å². The Morgan fingerprint density at radius 3 is 2.78 bits per heavy atom. The molecule has 136 valence electrons. The zero-order valence-electron chi connectivity index (χ0n) is 14.3. The number of rotatable bonds is 4. The second kappa shape index (κ2) is 7.02. The van der Waals surface area contributed by atoms with Crippen molar-refractivity contribution in [3.05, 3.63) is 74.6 Å². The maximum absolute atomic E-state index is 13.1. The molecule has 0 spiro atoms. The minimum atomic E-state index is -0.328. The molecular formula is C19H15ClN3O3S+. The van der Waals surface area contributed by atoms with Crippen LogP contribution in [-0.4, -0.2) is 21.6 Å². The third-order valence-electron chi connectivity index (χ3n) is 4.24. The van der Waals surface area contributed by atoms with Gasteiger partial charge in [-0.2, -0.15) is 8.97 Å². The number of thiazole rings is 1. The molecule has 3 aromatic heterocycles. The largest absolute Gasteiger partial charge is 0.496 e. The van der Waals surface area contributed by atoms with Gasteiger partial charge in [-0.05, 0) is 12.1 Å². The molecular weight excluding hydrogens is 386 g/mol. The lowest BCUT2D eigenvalue weighted by Gasteiger charge is -2.11. The quantitative estimate of drug-likeness (QED) is 0.534. The van der Waals surface area contributed by atoms with Crippen LogP contribution in [0.5, 0.6) is 11.6 Å². The summed E-state index contributed by atoms with van der Waals surface area (Å²) in [4.78, 5) is 18.0. The predicted molar refractivity (Wildman–Crippen MR) is 104 cm³/mol. The number of aromatic hydroxyl groups is 1. The van der Waals surface area contributed by atoms with E-state index in [1.807, 2.05) is 12.1 Å². The number of hydrogen-bond donors (Lipinski definition) is 1. The molecule has 0 fully saturated rings. The van der Waals surface area contributed by atoms with Crippen LogP contribution in [0.3, 0.4) is 0 Å². The lowest BCUT2D eigenvalue weighted by molar-refractivity contribution is -0.671. The molecule has 0 saturated carbocycles. The Morgan fingerprint density at radius 2 is 2.04 bits per heavy atom. The average molecular weight is 401 g/mol. The molecule has 3 heterocycles. The first kappa shape index (κ1) is 17.5. The normalized spacial score (nSPS) is 11.0. The Balaban J connectivity index is 2.04. The number of hydrogen-bond acceptors (Lipinski definition) is 5. The fraction of sp³-hybridized carbons (Fsp3) is 0.105. The number of pyridine rings is 1. The summed E-state index contributed by atoms with van der Waals surface area (Å²) in [7, 11) is 1.53. The van der Waals surface area contributed by atoms with Gasteiger partial charge in [0, 0.05) is 17.8 Å². The molecule has 0 saturated heterocycles. The van der Waals surface area contributed by atoms with Crippen molar-refractivity contribution >= 4 is 28.6 Å². The van der Waals surface area contributed by atoms with E-state index in [2.05, 4.69) is 4.98 Å². The second-order valence-corrected chi connectivity index (χ2v) is 7.50. The van der Waals surface area contributed by atoms with E-state index in [9.17, 15) is 9.90 Å². The third-order valence-corrected chi connectivity index (χ3v) is 5.34. The summed E-state index contributed by atoms with van der Waals surface area (Å²) in [6.45, 7) is 0.326. The average Bonchev–Trinajstić information content (AvgIpc) is 3.10. The lowest BCUT2D eigenvalue weighted by atomic mass is 10.1. The van der Waals surface area contributed by atoms with Gasteiger partial charge in [0.25, 0.3) is 11.5 Å². The molecule has 4 rings (SSSR count). The monoisotopic (exact) mass is 400 g/mol. The van der Waals surface area contributed by atoms with Crippen molar-refractivity contribution in [1.29, 1.82) is 0 Å². The zero-order chi connectivity index (χ0) is 19.0. The fourth-order valence-corrected chi connectivity index (χ4v) is 4.01. The summed E-state index contributed by atoms with van der Waals surface area (Å²) in [5.41, 5.74) is 0.929. The molecule has 0 aliphatic rings. The van der Waals surface area contributed by atoms with Gasteiger partial charge in [-0.15, -0.1) is 11.3 Å². The highest BCUT2D eigenvalue weighted by molar-refractivity contribution is 7.15. The number of benzene rings is 1. The first-order valence-electron chi connectivity index (χ1n) is 8.10. The molecule has 6 nitrogen and oxygen atoms in total. The highest BCUT2D eigenvalue weighted by Gasteiger charge is 2.27. The number of halogens is 1. The van der Waals surface area contributed by atoms with E-state index in [1.165, 1.54) is 22.8 Å². The topological polar surface area (TPSA) is 67.7 Å². The second-order valence-electron chi connectivity index (χ2n) is 5.80. The number of fused-ring (bicyclic) bond motifs is 1. The Labute approximate surface area is 163 Å². The van der Waals surface area contributed by atoms with Crippen LogP contribution in [0, 0.1) is 0 Å². The van der Waals surface area contributed by atoms with Crippen LogP contribution in [0.4, 0.5) is 0 Å². The minimum absolute atomic E-state index is 0.139. The molecule has 0 atom stereocenters. The molecule has 0 unspecified atom stereocenters. The summed E-state index contributed by atoms with van der Waals surface area (Å²) in [5.74, 6) is 0.369. The molecule has 27 heavy (non-hydrogen) atoms. The first-order chi connectivity index (χ1) is 13.1. The molecule has 1 aromatic carbocycles. The van der Waals surface area contributed by atoms with Crippen molar-refractivity contribution in [2.24, 2.45) is 0 Å². The van der Waals surface area contributed by atoms with Gasteiger partial charge in [0.2, 0.25) is 0 Å². The molecule has 8 heteroatoms. The molecule has 0 amide bonds. The smallest absolute Gasteiger partial charge is 0.354 e. The van der Waals surface area contributed by atoms with Gasteiger partial charge in [-0.25, -0.2) is 9.78 Å². The number of aromatic nitrogens is 3. The standard InChI is InChI=1S/C19H14ClN3O3S/c1-26-14-7-3-2-6-13(14)16-17(24)22-9-5-4-8-15(22)23(18(16)25)11-12-10-21-19(20)27-12/h2-10H,11H2,1H3/p+1. The molecule has 0 bridgehead atoms. The van der Waals surface area contributed by atoms with Gasteiger partial charge in [0.1, 0.15) is 12.3 Å². The van der Waals surface area contributed by atoms with Crippen LogP contribution in [0.15, 0.2) is 59.7 Å². The summed E-state index contributed by atoms with van der Waals surface area (Å²) in [5, 5.41) is 11.1. The summed E-state index contributed by atoms with van der Waals surface area (Å²) in [6, 6.07) is 12.5. The third kappa shape index (κ3) is 3.05. The van der Waals surface area contributed by atoms with Crippen molar-refractivity contribution < 1.29 is 14.4 Å². The predicted octanol–water partition coefficient (Wildman–Crippen LogP) is 3.13. The van der Waals surface area contributed by atoms with Crippen LogP contribution in [0.1, 0.15) is 4.88 Å². The fourth-order valence-electron chi connectivity index (χ4n) is 3.04. The summed E-state index contributed by atoms with van der Waals surface area (Å²) >= 11 is 7.26. The van der Waals surface area contributed by atoms with Crippen LogP contribution < -0.4 is 14.9 Å². The Bertz CT molecular complexity index is 1200. The molecule has 0 aliphatic carbocycles. The van der Waals surface area contributed by atoms with Gasteiger partial charge < -0.3 is 9.84 Å². The number of ether oxygens (including phenoxy) is 1. The SMILES string of the molecule is COc1ccccc1-c1c(O)[n+](Cc2cnc(Cl)s2)c2ccccn2c1=O. The number of nitrogens with zero attached hydrogens (tertiary/aromatic N) is 3. The Morgan fingerprint density at radius 1 is 1.26 bits per heavy atom. The zero-order valence-corrected chi connectivity index (χ0v) is 15.9. The van der Waals surface area contributed by atoms with E-state index in [0.29, 0.717) is 28.0 Å². The van der Waals surface area contributed by atoms with E-state index >= 15 is 0 Å². The van der Waals surface area contributed by atoms with Crippen molar-refractivity contribution in [2.45, 2.75) is 6.54 Å². The van der Waals surface area contributed by atoms with Gasteiger partial charge in [0.05, 0.1) is 18.2 Å². The summed E-state index contributed by atoms with van der Waals surface area (Å²) < 4.78 is 8.98. The summed E-state index contributed by atoms with van der Waals surface area (Å²) in [6.07, 6.45) is 3.33. The highest BCUT2D eigenvalue weighted by atomic mass is 35.5. The van der Waals surface area contributed by atoms with Crippen LogP contribution in [0.2, 0.25) is 4.47 Å². The lowest BCUT2D eigenvalue weighted by Crippen LogP contribution is -2.41. The maximum atomic E-state index is 13.1. The van der Waals surface area contributed by atoms with Crippen molar-refractivity contribution in [3.63, 3.8) is 0 Å². The van der Waals surface area contributed by atoms with E-state index in [4.69, 9.17) is 16.3 Å². The van der Waals surface area contributed by atoms with Crippen molar-refractivity contribution in [2.75, 3.05) is 7.11 Å². The maximum Gasteiger partial charge on any atom is 0.354 e. The molecule has 1 N–H and O–H groups in total. The van der Waals surface area contributed by atoms with Gasteiger partial charge in [0.15, 0.2) is 10.0 Å². The van der Waals surface area contributed by atoms with Crippen molar-refractivity contribution in [1.82, 2.24) is 9.38 Å². The van der Waals surface area contributed by atoms with Crippen LogP contribution in [-0.2, 0) is 6.54 Å². The Kier molecular flexibility index (Phi) is 4.55. The molecule has 4 aromatic rings. The van der Waals surface area contributed by atoms with Crippen molar-refractivity contribution in [3.8, 4) is 22.8 Å². The van der Waals surface area contributed by atoms with Crippen LogP contribution in [0.25, 0.3) is 16.8 Å². The highest BCUT2D eigenvalue weighted by Crippen LogP contribution is 2.32. The van der Waals surface area contributed by atoms with E-state index in [-0.39, 0.29) is 17.0 Å². The molecule has 0 radical (unpaired) electrons. The minimum Gasteiger partial charge on any atom is -0.496 e.